The molecule has 1 amide bonds. The smallest absolute Gasteiger partial charge is 0.261 e. The van der Waals surface area contributed by atoms with Crippen molar-refractivity contribution in [2.45, 2.75) is 13.3 Å². The molecule has 0 aliphatic heterocycles. The van der Waals surface area contributed by atoms with Crippen LogP contribution in [0.25, 0.3) is 0 Å². The lowest BCUT2D eigenvalue weighted by Gasteiger charge is -2.03. The van der Waals surface area contributed by atoms with Crippen LogP contribution in [0.15, 0.2) is 11.4 Å². The Morgan fingerprint density at radius 2 is 2.31 bits per heavy atom. The number of ether oxygens (including phenoxy) is 1. The fourth-order valence-electron chi connectivity index (χ4n) is 1.22. The molecule has 1 rings (SSSR count). The molecule has 16 heavy (non-hydrogen) atoms. The second-order valence-corrected chi connectivity index (χ2v) is 4.23. The largest absolute Gasteiger partial charge is 0.496 e. The Morgan fingerprint density at radius 1 is 1.50 bits per heavy atom. The van der Waals surface area contributed by atoms with Gasteiger partial charge in [0, 0.05) is 18.0 Å². The van der Waals surface area contributed by atoms with Crippen LogP contribution in [-0.4, -0.2) is 32.7 Å². The molecule has 0 bridgehead atoms. The highest BCUT2D eigenvalue weighted by atomic mass is 32.1. The van der Waals surface area contributed by atoms with E-state index in [1.54, 1.807) is 13.2 Å². The maximum atomic E-state index is 11.6. The number of rotatable bonds is 7. The molecule has 0 saturated carbocycles. The fourth-order valence-corrected chi connectivity index (χ4v) is 1.99. The van der Waals surface area contributed by atoms with E-state index >= 15 is 0 Å². The summed E-state index contributed by atoms with van der Waals surface area (Å²) in [6, 6.07) is 1.75. The summed E-state index contributed by atoms with van der Waals surface area (Å²) in [4.78, 5) is 12.3. The van der Waals surface area contributed by atoms with Crippen molar-refractivity contribution < 1.29 is 9.53 Å². The summed E-state index contributed by atoms with van der Waals surface area (Å²) in [5.41, 5.74) is 0. The molecule has 2 N–H and O–H groups in total. The Balaban J connectivity index is 2.24. The van der Waals surface area contributed by atoms with Gasteiger partial charge in [0.15, 0.2) is 0 Å². The molecule has 0 unspecified atom stereocenters. The number of hydrogen-bond donors (Lipinski definition) is 2. The van der Waals surface area contributed by atoms with E-state index in [-0.39, 0.29) is 5.91 Å². The van der Waals surface area contributed by atoms with Crippen LogP contribution in [0.5, 0.6) is 5.75 Å². The minimum Gasteiger partial charge on any atom is -0.496 e. The third-order valence-electron chi connectivity index (χ3n) is 2.10. The molecule has 0 aliphatic rings. The average molecular weight is 242 g/mol. The summed E-state index contributed by atoms with van der Waals surface area (Å²) in [5, 5.41) is 7.90. The molecular weight excluding hydrogens is 224 g/mol. The highest BCUT2D eigenvalue weighted by molar-refractivity contribution is 7.12. The number of nitrogens with one attached hydrogen (secondary N) is 2. The predicted octanol–water partition coefficient (Wildman–Crippen LogP) is 1.49. The van der Waals surface area contributed by atoms with Gasteiger partial charge in [-0.05, 0) is 19.5 Å². The van der Waals surface area contributed by atoms with Gasteiger partial charge in [0.25, 0.3) is 5.91 Å². The van der Waals surface area contributed by atoms with E-state index in [2.05, 4.69) is 17.6 Å². The molecule has 0 saturated heterocycles. The Labute approximate surface area is 100 Å². The number of carbonyl (C=O) groups is 1. The molecule has 0 aromatic carbocycles. The number of amides is 1. The van der Waals surface area contributed by atoms with Crippen LogP contribution in [0.1, 0.15) is 23.0 Å². The Bertz CT molecular complexity index is 326. The SMILES string of the molecule is CCNCCCNC(=O)c1cc(OC)cs1. The van der Waals surface area contributed by atoms with E-state index in [9.17, 15) is 4.79 Å². The van der Waals surface area contributed by atoms with Crippen molar-refractivity contribution in [3.63, 3.8) is 0 Å². The zero-order chi connectivity index (χ0) is 11.8. The molecule has 1 heterocycles. The Morgan fingerprint density at radius 3 is 2.94 bits per heavy atom. The van der Waals surface area contributed by atoms with Gasteiger partial charge in [-0.1, -0.05) is 6.92 Å². The molecule has 5 heteroatoms. The molecule has 0 fully saturated rings. The number of carbonyl (C=O) groups excluding carboxylic acids is 1. The first-order chi connectivity index (χ1) is 7.77. The predicted molar refractivity (Wildman–Crippen MR) is 66.4 cm³/mol. The van der Waals surface area contributed by atoms with Gasteiger partial charge in [-0.2, -0.15) is 0 Å². The highest BCUT2D eigenvalue weighted by Gasteiger charge is 2.08. The van der Waals surface area contributed by atoms with Crippen LogP contribution in [-0.2, 0) is 0 Å². The summed E-state index contributed by atoms with van der Waals surface area (Å²) in [6.07, 6.45) is 0.947. The first-order valence-corrected chi connectivity index (χ1v) is 6.27. The van der Waals surface area contributed by atoms with E-state index in [1.165, 1.54) is 11.3 Å². The van der Waals surface area contributed by atoms with Crippen LogP contribution in [0.2, 0.25) is 0 Å². The van der Waals surface area contributed by atoms with Crippen molar-refractivity contribution in [3.8, 4) is 5.75 Å². The average Bonchev–Trinajstić information content (AvgIpc) is 2.77. The van der Waals surface area contributed by atoms with Gasteiger partial charge in [0.2, 0.25) is 0 Å². The Kier molecular flexibility index (Phi) is 5.88. The quantitative estimate of drug-likeness (QED) is 0.712. The van der Waals surface area contributed by atoms with Crippen LogP contribution < -0.4 is 15.4 Å². The van der Waals surface area contributed by atoms with Crippen molar-refractivity contribution >= 4 is 17.2 Å². The number of hydrogen-bond acceptors (Lipinski definition) is 4. The summed E-state index contributed by atoms with van der Waals surface area (Å²) in [5.74, 6) is 0.715. The Hall–Kier alpha value is -1.07. The lowest BCUT2D eigenvalue weighted by Crippen LogP contribution is -2.26. The molecule has 4 nitrogen and oxygen atoms in total. The van der Waals surface area contributed by atoms with E-state index in [1.807, 2.05) is 5.38 Å². The third kappa shape index (κ3) is 4.20. The van der Waals surface area contributed by atoms with Crippen LogP contribution in [0.3, 0.4) is 0 Å². The normalized spacial score (nSPS) is 10.1. The highest BCUT2D eigenvalue weighted by Crippen LogP contribution is 2.20. The van der Waals surface area contributed by atoms with E-state index in [4.69, 9.17) is 4.74 Å². The summed E-state index contributed by atoms with van der Waals surface area (Å²) in [7, 11) is 1.60. The zero-order valence-corrected chi connectivity index (χ0v) is 10.5. The van der Waals surface area contributed by atoms with Gasteiger partial charge < -0.3 is 15.4 Å². The molecular formula is C11H18N2O2S. The standard InChI is InChI=1S/C11H18N2O2S/c1-3-12-5-4-6-13-11(14)10-7-9(15-2)8-16-10/h7-8,12H,3-6H2,1-2H3,(H,13,14). The first kappa shape index (κ1) is 13.0. The summed E-state index contributed by atoms with van der Waals surface area (Å²) >= 11 is 1.40. The first-order valence-electron chi connectivity index (χ1n) is 5.39. The molecule has 1 aromatic rings. The van der Waals surface area contributed by atoms with Crippen molar-refractivity contribution in [2.24, 2.45) is 0 Å². The monoisotopic (exact) mass is 242 g/mol. The van der Waals surface area contributed by atoms with Gasteiger partial charge in [-0.3, -0.25) is 4.79 Å². The van der Waals surface area contributed by atoms with Gasteiger partial charge in [-0.15, -0.1) is 11.3 Å². The third-order valence-corrected chi connectivity index (χ3v) is 3.01. The minimum absolute atomic E-state index is 0.0233. The number of thiophene rings is 1. The lowest BCUT2D eigenvalue weighted by molar-refractivity contribution is 0.0957. The molecule has 0 spiro atoms. The van der Waals surface area contributed by atoms with Crippen molar-refractivity contribution in [3.05, 3.63) is 16.3 Å². The van der Waals surface area contributed by atoms with Gasteiger partial charge in [-0.25, -0.2) is 0 Å². The van der Waals surface area contributed by atoms with E-state index in [0.29, 0.717) is 11.4 Å². The number of methoxy groups -OCH3 is 1. The maximum Gasteiger partial charge on any atom is 0.261 e. The molecule has 0 atom stereocenters. The van der Waals surface area contributed by atoms with Crippen LogP contribution >= 0.6 is 11.3 Å². The zero-order valence-electron chi connectivity index (χ0n) is 9.71. The fraction of sp³-hybridized carbons (Fsp3) is 0.545. The van der Waals surface area contributed by atoms with Crippen LogP contribution in [0, 0.1) is 0 Å². The van der Waals surface area contributed by atoms with E-state index in [0.717, 1.165) is 25.3 Å². The summed E-state index contributed by atoms with van der Waals surface area (Å²) < 4.78 is 5.02. The molecule has 0 radical (unpaired) electrons. The van der Waals surface area contributed by atoms with Crippen LogP contribution in [0.4, 0.5) is 0 Å². The molecule has 0 aliphatic carbocycles. The van der Waals surface area contributed by atoms with Gasteiger partial charge in [0.1, 0.15) is 5.75 Å². The molecule has 1 aromatic heterocycles. The van der Waals surface area contributed by atoms with Crippen molar-refractivity contribution in [1.82, 2.24) is 10.6 Å². The lowest BCUT2D eigenvalue weighted by atomic mass is 10.4. The molecule has 90 valence electrons. The maximum absolute atomic E-state index is 11.6. The van der Waals surface area contributed by atoms with Crippen molar-refractivity contribution in [2.75, 3.05) is 26.7 Å². The van der Waals surface area contributed by atoms with Gasteiger partial charge in [0.05, 0.1) is 12.0 Å². The minimum atomic E-state index is -0.0233. The van der Waals surface area contributed by atoms with Crippen molar-refractivity contribution in [1.29, 1.82) is 0 Å². The summed E-state index contributed by atoms with van der Waals surface area (Å²) in [6.45, 7) is 4.67. The second-order valence-electron chi connectivity index (χ2n) is 3.31. The van der Waals surface area contributed by atoms with Gasteiger partial charge >= 0.3 is 0 Å². The van der Waals surface area contributed by atoms with E-state index < -0.39 is 0 Å². The topological polar surface area (TPSA) is 50.4 Å². The second kappa shape index (κ2) is 7.24.